The van der Waals surface area contributed by atoms with Crippen LogP contribution in [0.25, 0.3) is 11.5 Å². The van der Waals surface area contributed by atoms with Crippen LogP contribution < -0.4 is 0 Å². The van der Waals surface area contributed by atoms with Crippen LogP contribution in [0.3, 0.4) is 0 Å². The smallest absolute Gasteiger partial charge is 0.178 e. The van der Waals surface area contributed by atoms with Gasteiger partial charge in [0.2, 0.25) is 0 Å². The number of carbonyl (C=O) groups is 1. The highest BCUT2D eigenvalue weighted by Crippen LogP contribution is 2.11. The third-order valence-corrected chi connectivity index (χ3v) is 1.84. The normalized spacial score (nSPS) is 10.1. The maximum Gasteiger partial charge on any atom is 0.178 e. The SMILES string of the molecule is Cn1cncc1-c1nccc(C=O)n1. The van der Waals surface area contributed by atoms with Crippen molar-refractivity contribution in [1.29, 1.82) is 0 Å². The minimum atomic E-state index is 0.371. The fourth-order valence-corrected chi connectivity index (χ4v) is 1.13. The maximum atomic E-state index is 10.5. The molecule has 2 heterocycles. The first-order chi connectivity index (χ1) is 6.81. The molecule has 0 aliphatic rings. The average molecular weight is 188 g/mol. The summed E-state index contributed by atoms with van der Waals surface area (Å²) in [4.78, 5) is 22.6. The number of imidazole rings is 1. The summed E-state index contributed by atoms with van der Waals surface area (Å²) in [5, 5.41) is 0. The monoisotopic (exact) mass is 188 g/mol. The van der Waals surface area contributed by atoms with Crippen molar-refractivity contribution in [2.75, 3.05) is 0 Å². The van der Waals surface area contributed by atoms with E-state index in [1.54, 1.807) is 29.4 Å². The number of aryl methyl sites for hydroxylation is 1. The van der Waals surface area contributed by atoms with Crippen LogP contribution in [0.2, 0.25) is 0 Å². The highest BCUT2D eigenvalue weighted by molar-refractivity contribution is 5.72. The molecule has 0 aromatic carbocycles. The second-order valence-corrected chi connectivity index (χ2v) is 2.81. The first-order valence-corrected chi connectivity index (χ1v) is 4.06. The summed E-state index contributed by atoms with van der Waals surface area (Å²) < 4.78 is 1.80. The van der Waals surface area contributed by atoms with Gasteiger partial charge < -0.3 is 4.57 Å². The predicted octanol–water partition coefficient (Wildman–Crippen LogP) is 0.690. The van der Waals surface area contributed by atoms with Gasteiger partial charge in [-0.2, -0.15) is 0 Å². The first-order valence-electron chi connectivity index (χ1n) is 4.06. The Morgan fingerprint density at radius 3 is 3.00 bits per heavy atom. The van der Waals surface area contributed by atoms with Crippen LogP contribution in [0.15, 0.2) is 24.8 Å². The van der Waals surface area contributed by atoms with Crippen molar-refractivity contribution in [3.8, 4) is 11.5 Å². The zero-order valence-corrected chi connectivity index (χ0v) is 7.58. The molecule has 5 heteroatoms. The molecule has 2 aromatic rings. The van der Waals surface area contributed by atoms with Crippen LogP contribution in [-0.2, 0) is 7.05 Å². The van der Waals surface area contributed by atoms with Crippen LogP contribution in [0.1, 0.15) is 10.5 Å². The number of hydrogen-bond acceptors (Lipinski definition) is 4. The van der Waals surface area contributed by atoms with Gasteiger partial charge in [-0.05, 0) is 6.07 Å². The number of aromatic nitrogens is 4. The fraction of sp³-hybridized carbons (Fsp3) is 0.111. The topological polar surface area (TPSA) is 60.7 Å². The molecule has 5 nitrogen and oxygen atoms in total. The van der Waals surface area contributed by atoms with Crippen molar-refractivity contribution >= 4 is 6.29 Å². The van der Waals surface area contributed by atoms with Gasteiger partial charge in [-0.1, -0.05) is 0 Å². The molecule has 0 saturated carbocycles. The Bertz CT molecular complexity index is 463. The van der Waals surface area contributed by atoms with E-state index in [1.165, 1.54) is 0 Å². The zero-order chi connectivity index (χ0) is 9.97. The van der Waals surface area contributed by atoms with Crippen molar-refractivity contribution < 1.29 is 4.79 Å². The Kier molecular flexibility index (Phi) is 2.06. The quantitative estimate of drug-likeness (QED) is 0.650. The first kappa shape index (κ1) is 8.55. The van der Waals surface area contributed by atoms with E-state index >= 15 is 0 Å². The van der Waals surface area contributed by atoms with Crippen LogP contribution in [-0.4, -0.2) is 25.8 Å². The van der Waals surface area contributed by atoms with E-state index in [-0.39, 0.29) is 0 Å². The van der Waals surface area contributed by atoms with E-state index in [0.29, 0.717) is 17.8 Å². The highest BCUT2D eigenvalue weighted by Gasteiger charge is 2.05. The lowest BCUT2D eigenvalue weighted by atomic mass is 10.4. The van der Waals surface area contributed by atoms with Gasteiger partial charge in [0.15, 0.2) is 12.1 Å². The minimum absolute atomic E-state index is 0.371. The fourth-order valence-electron chi connectivity index (χ4n) is 1.13. The molecule has 0 aliphatic heterocycles. The Morgan fingerprint density at radius 1 is 1.50 bits per heavy atom. The van der Waals surface area contributed by atoms with E-state index in [9.17, 15) is 4.79 Å². The Balaban J connectivity index is 2.52. The minimum Gasteiger partial charge on any atom is -0.331 e. The van der Waals surface area contributed by atoms with Gasteiger partial charge in [-0.25, -0.2) is 15.0 Å². The highest BCUT2D eigenvalue weighted by atomic mass is 16.1. The molecule has 0 spiro atoms. The average Bonchev–Trinajstić information content (AvgIpc) is 2.65. The molecule has 0 bridgehead atoms. The van der Waals surface area contributed by atoms with Crippen molar-refractivity contribution in [2.45, 2.75) is 0 Å². The summed E-state index contributed by atoms with van der Waals surface area (Å²) in [6.07, 6.45) is 5.57. The number of rotatable bonds is 2. The molecule has 0 amide bonds. The van der Waals surface area contributed by atoms with E-state index in [2.05, 4.69) is 15.0 Å². The van der Waals surface area contributed by atoms with Gasteiger partial charge in [0.25, 0.3) is 0 Å². The number of carbonyl (C=O) groups excluding carboxylic acids is 1. The Hall–Kier alpha value is -2.04. The predicted molar refractivity (Wildman–Crippen MR) is 49.6 cm³/mol. The lowest BCUT2D eigenvalue weighted by Crippen LogP contribution is -1.97. The summed E-state index contributed by atoms with van der Waals surface area (Å²) in [5.74, 6) is 0.509. The number of nitrogens with zero attached hydrogens (tertiary/aromatic N) is 4. The zero-order valence-electron chi connectivity index (χ0n) is 7.58. The van der Waals surface area contributed by atoms with Crippen LogP contribution >= 0.6 is 0 Å². The maximum absolute atomic E-state index is 10.5. The van der Waals surface area contributed by atoms with Gasteiger partial charge in [-0.15, -0.1) is 0 Å². The van der Waals surface area contributed by atoms with Crippen LogP contribution in [0, 0.1) is 0 Å². The number of hydrogen-bond donors (Lipinski definition) is 0. The summed E-state index contributed by atoms with van der Waals surface area (Å²) in [7, 11) is 1.85. The molecule has 70 valence electrons. The molecule has 0 fully saturated rings. The Morgan fingerprint density at radius 2 is 2.36 bits per heavy atom. The van der Waals surface area contributed by atoms with Crippen molar-refractivity contribution in [2.24, 2.45) is 7.05 Å². The molecule has 0 unspecified atom stereocenters. The molecule has 0 aliphatic carbocycles. The number of aldehydes is 1. The van der Waals surface area contributed by atoms with Crippen molar-refractivity contribution in [1.82, 2.24) is 19.5 Å². The summed E-state index contributed by atoms with van der Waals surface area (Å²) in [6.45, 7) is 0. The Labute approximate surface area is 80.5 Å². The van der Waals surface area contributed by atoms with E-state index in [4.69, 9.17) is 0 Å². The van der Waals surface area contributed by atoms with Gasteiger partial charge in [-0.3, -0.25) is 4.79 Å². The third-order valence-electron chi connectivity index (χ3n) is 1.84. The summed E-state index contributed by atoms with van der Waals surface area (Å²) in [5.41, 5.74) is 1.16. The second-order valence-electron chi connectivity index (χ2n) is 2.81. The lowest BCUT2D eigenvalue weighted by molar-refractivity contribution is 0.111. The largest absolute Gasteiger partial charge is 0.331 e. The van der Waals surface area contributed by atoms with Gasteiger partial charge >= 0.3 is 0 Å². The van der Waals surface area contributed by atoms with Crippen molar-refractivity contribution in [3.05, 3.63) is 30.5 Å². The summed E-state index contributed by atoms with van der Waals surface area (Å²) in [6, 6.07) is 1.56. The summed E-state index contributed by atoms with van der Waals surface area (Å²) >= 11 is 0. The van der Waals surface area contributed by atoms with E-state index in [1.807, 2.05) is 7.05 Å². The van der Waals surface area contributed by atoms with Gasteiger partial charge in [0, 0.05) is 13.2 Å². The molecule has 0 saturated heterocycles. The van der Waals surface area contributed by atoms with Crippen LogP contribution in [0.5, 0.6) is 0 Å². The van der Waals surface area contributed by atoms with E-state index in [0.717, 1.165) is 5.69 Å². The molecular formula is C9H8N4O. The van der Waals surface area contributed by atoms with Crippen LogP contribution in [0.4, 0.5) is 0 Å². The van der Waals surface area contributed by atoms with Gasteiger partial charge in [0.05, 0.1) is 12.5 Å². The van der Waals surface area contributed by atoms with E-state index < -0.39 is 0 Å². The lowest BCUT2D eigenvalue weighted by Gasteiger charge is -1.99. The standard InChI is InChI=1S/C9H8N4O/c1-13-6-10-4-8(13)9-11-3-2-7(5-14)12-9/h2-6H,1H3. The molecule has 2 rings (SSSR count). The molecule has 2 aromatic heterocycles. The van der Waals surface area contributed by atoms with Crippen molar-refractivity contribution in [3.63, 3.8) is 0 Å². The molecule has 0 N–H and O–H groups in total. The molecule has 14 heavy (non-hydrogen) atoms. The van der Waals surface area contributed by atoms with Gasteiger partial charge in [0.1, 0.15) is 11.4 Å². The molecule has 0 radical (unpaired) electrons. The molecular weight excluding hydrogens is 180 g/mol. The molecule has 0 atom stereocenters. The third kappa shape index (κ3) is 1.39. The second kappa shape index (κ2) is 3.37.